The van der Waals surface area contributed by atoms with Gasteiger partial charge in [-0.1, -0.05) is 24.3 Å². The van der Waals surface area contributed by atoms with E-state index in [0.29, 0.717) is 5.69 Å². The van der Waals surface area contributed by atoms with Gasteiger partial charge in [-0.2, -0.15) is 10.4 Å². The predicted molar refractivity (Wildman–Crippen MR) is 77.7 cm³/mol. The highest BCUT2D eigenvalue weighted by Crippen LogP contribution is 2.27. The lowest BCUT2D eigenvalue weighted by molar-refractivity contribution is 0.0976. The van der Waals surface area contributed by atoms with E-state index in [1.807, 2.05) is 41.8 Å². The number of thiophene rings is 1. The number of hydrogen-bond acceptors (Lipinski definition) is 4. The fourth-order valence-electron chi connectivity index (χ4n) is 2.24. The van der Waals surface area contributed by atoms with Crippen LogP contribution in [0.5, 0.6) is 0 Å². The van der Waals surface area contributed by atoms with Gasteiger partial charge in [-0.15, -0.1) is 11.3 Å². The van der Waals surface area contributed by atoms with Gasteiger partial charge in [0, 0.05) is 17.3 Å². The Morgan fingerprint density at radius 1 is 1.35 bits per heavy atom. The highest BCUT2D eigenvalue weighted by atomic mass is 32.1. The van der Waals surface area contributed by atoms with Crippen molar-refractivity contribution < 1.29 is 4.79 Å². The first-order valence-electron chi connectivity index (χ1n) is 6.11. The minimum atomic E-state index is -0.784. The van der Waals surface area contributed by atoms with Gasteiger partial charge in [-0.3, -0.25) is 9.48 Å². The molecule has 0 spiro atoms. The molecule has 2 heterocycles. The van der Waals surface area contributed by atoms with Gasteiger partial charge in [0.1, 0.15) is 11.6 Å². The van der Waals surface area contributed by atoms with Gasteiger partial charge in [-0.25, -0.2) is 0 Å². The summed E-state index contributed by atoms with van der Waals surface area (Å²) in [7, 11) is 1.80. The van der Waals surface area contributed by atoms with Gasteiger partial charge in [0.2, 0.25) is 5.78 Å². The van der Waals surface area contributed by atoms with E-state index in [0.717, 1.165) is 15.8 Å². The van der Waals surface area contributed by atoms with Gasteiger partial charge in [0.15, 0.2) is 0 Å². The topological polar surface area (TPSA) is 58.7 Å². The Balaban J connectivity index is 2.11. The Labute approximate surface area is 119 Å². The van der Waals surface area contributed by atoms with E-state index in [2.05, 4.69) is 11.2 Å². The summed E-state index contributed by atoms with van der Waals surface area (Å²) >= 11 is 1.41. The summed E-state index contributed by atoms with van der Waals surface area (Å²) in [4.78, 5) is 13.4. The Kier molecular flexibility index (Phi) is 3.09. The summed E-state index contributed by atoms with van der Waals surface area (Å²) in [5.41, 5.74) is 1.25. The van der Waals surface area contributed by atoms with Crippen molar-refractivity contribution >= 4 is 28.0 Å². The van der Waals surface area contributed by atoms with Crippen LogP contribution in [0.4, 0.5) is 0 Å². The van der Waals surface area contributed by atoms with Crippen LogP contribution in [0.1, 0.15) is 21.3 Å². The van der Waals surface area contributed by atoms with Crippen LogP contribution in [0.3, 0.4) is 0 Å². The molecule has 0 saturated carbocycles. The molecule has 0 N–H and O–H groups in total. The second-order valence-electron chi connectivity index (χ2n) is 4.43. The van der Waals surface area contributed by atoms with Crippen LogP contribution in [0, 0.1) is 11.3 Å². The van der Waals surface area contributed by atoms with Crippen LogP contribution >= 0.6 is 11.3 Å². The zero-order valence-corrected chi connectivity index (χ0v) is 11.6. The minimum Gasteiger partial charge on any atom is -0.290 e. The van der Waals surface area contributed by atoms with Crippen molar-refractivity contribution in [1.82, 2.24) is 9.78 Å². The molecule has 0 radical (unpaired) electrons. The normalized spacial score (nSPS) is 12.2. The van der Waals surface area contributed by atoms with Crippen LogP contribution in [0.25, 0.3) is 10.9 Å². The van der Waals surface area contributed by atoms with Crippen LogP contribution in [-0.4, -0.2) is 15.6 Å². The Hall–Kier alpha value is -2.45. The fraction of sp³-hybridized carbons (Fsp3) is 0.133. The zero-order chi connectivity index (χ0) is 14.1. The first-order chi connectivity index (χ1) is 9.72. The Bertz CT molecular complexity index is 811. The third-order valence-corrected chi connectivity index (χ3v) is 4.15. The van der Waals surface area contributed by atoms with E-state index in [1.165, 1.54) is 11.3 Å². The number of para-hydroxylation sites is 1. The van der Waals surface area contributed by atoms with Gasteiger partial charge >= 0.3 is 0 Å². The smallest absolute Gasteiger partial charge is 0.206 e. The molecule has 0 saturated heterocycles. The van der Waals surface area contributed by atoms with Crippen molar-refractivity contribution in [1.29, 1.82) is 5.26 Å². The second kappa shape index (κ2) is 4.91. The van der Waals surface area contributed by atoms with Crippen molar-refractivity contribution in [3.8, 4) is 6.07 Å². The summed E-state index contributed by atoms with van der Waals surface area (Å²) in [6.07, 6.45) is 0. The number of fused-ring (bicyclic) bond motifs is 1. The molecule has 4 nitrogen and oxygen atoms in total. The molecule has 0 aliphatic carbocycles. The maximum Gasteiger partial charge on any atom is 0.206 e. The van der Waals surface area contributed by atoms with Gasteiger partial charge in [-0.05, 0) is 17.5 Å². The summed E-state index contributed by atoms with van der Waals surface area (Å²) in [6.45, 7) is 0. The van der Waals surface area contributed by atoms with E-state index in [-0.39, 0.29) is 5.78 Å². The van der Waals surface area contributed by atoms with E-state index in [1.54, 1.807) is 11.7 Å². The lowest BCUT2D eigenvalue weighted by Crippen LogP contribution is -2.11. The summed E-state index contributed by atoms with van der Waals surface area (Å²) in [6, 6.07) is 13.3. The largest absolute Gasteiger partial charge is 0.290 e. The molecule has 3 aromatic rings. The second-order valence-corrected chi connectivity index (χ2v) is 5.41. The molecule has 0 fully saturated rings. The van der Waals surface area contributed by atoms with Gasteiger partial charge in [0.05, 0.1) is 11.6 Å². The van der Waals surface area contributed by atoms with Crippen LogP contribution < -0.4 is 0 Å². The first kappa shape index (κ1) is 12.6. The summed E-state index contributed by atoms with van der Waals surface area (Å²) in [5.74, 6) is -1.03. The number of nitrogens with zero attached hydrogens (tertiary/aromatic N) is 3. The number of carbonyl (C=O) groups is 1. The third kappa shape index (κ3) is 1.91. The summed E-state index contributed by atoms with van der Waals surface area (Å²) < 4.78 is 1.67. The molecular weight excluding hydrogens is 270 g/mol. The van der Waals surface area contributed by atoms with Crippen molar-refractivity contribution in [3.63, 3.8) is 0 Å². The number of carbonyl (C=O) groups excluding carboxylic acids is 1. The molecule has 0 aliphatic heterocycles. The number of rotatable bonds is 3. The molecule has 1 atom stereocenters. The van der Waals surface area contributed by atoms with Gasteiger partial charge in [0.25, 0.3) is 0 Å². The molecule has 0 amide bonds. The zero-order valence-electron chi connectivity index (χ0n) is 10.8. The molecule has 2 aromatic heterocycles. The maximum absolute atomic E-state index is 12.6. The van der Waals surface area contributed by atoms with Crippen molar-refractivity contribution in [3.05, 3.63) is 52.3 Å². The van der Waals surface area contributed by atoms with Crippen molar-refractivity contribution in [2.24, 2.45) is 7.05 Å². The van der Waals surface area contributed by atoms with Crippen LogP contribution in [-0.2, 0) is 7.05 Å². The number of aromatic nitrogens is 2. The van der Waals surface area contributed by atoms with E-state index in [9.17, 15) is 10.1 Å². The number of aryl methyl sites for hydroxylation is 1. The number of hydrogen-bond donors (Lipinski definition) is 0. The molecule has 98 valence electrons. The fourth-order valence-corrected chi connectivity index (χ4v) is 3.01. The Morgan fingerprint density at radius 3 is 2.85 bits per heavy atom. The van der Waals surface area contributed by atoms with E-state index < -0.39 is 5.92 Å². The Morgan fingerprint density at radius 2 is 2.15 bits per heavy atom. The van der Waals surface area contributed by atoms with Gasteiger partial charge < -0.3 is 0 Å². The van der Waals surface area contributed by atoms with Crippen LogP contribution in [0.15, 0.2) is 41.8 Å². The van der Waals surface area contributed by atoms with E-state index in [4.69, 9.17) is 0 Å². The standard InChI is InChI=1S/C15H11N3OS/c1-18-12-6-3-2-5-10(12)14(17-18)15(19)11(9-16)13-7-4-8-20-13/h2-8,11H,1H3. The molecule has 5 heteroatoms. The molecular formula is C15H11N3OS. The SMILES string of the molecule is Cn1nc(C(=O)C(C#N)c2cccs2)c2ccccc21. The molecule has 0 aliphatic rings. The minimum absolute atomic E-state index is 0.244. The average Bonchev–Trinajstić information content (AvgIpc) is 3.09. The molecule has 1 unspecified atom stereocenters. The predicted octanol–water partition coefficient (Wildman–Crippen LogP) is 3.12. The number of ketones is 1. The molecule has 20 heavy (non-hydrogen) atoms. The highest BCUT2D eigenvalue weighted by molar-refractivity contribution is 7.10. The number of Topliss-reactive ketones (excluding diaryl/α,β-unsaturated/α-hetero) is 1. The lowest BCUT2D eigenvalue weighted by Gasteiger charge is -2.03. The maximum atomic E-state index is 12.6. The number of benzene rings is 1. The monoisotopic (exact) mass is 281 g/mol. The molecule has 3 rings (SSSR count). The van der Waals surface area contributed by atoms with E-state index >= 15 is 0 Å². The first-order valence-corrected chi connectivity index (χ1v) is 6.99. The van der Waals surface area contributed by atoms with Crippen molar-refractivity contribution in [2.75, 3.05) is 0 Å². The lowest BCUT2D eigenvalue weighted by atomic mass is 9.99. The summed E-state index contributed by atoms with van der Waals surface area (Å²) in [5, 5.41) is 16.3. The highest BCUT2D eigenvalue weighted by Gasteiger charge is 2.26. The van der Waals surface area contributed by atoms with Crippen molar-refractivity contribution in [2.45, 2.75) is 5.92 Å². The molecule has 0 bridgehead atoms. The average molecular weight is 281 g/mol. The van der Waals surface area contributed by atoms with Crippen LogP contribution in [0.2, 0.25) is 0 Å². The quantitative estimate of drug-likeness (QED) is 0.693. The third-order valence-electron chi connectivity index (χ3n) is 3.21. The molecule has 1 aromatic carbocycles. The number of nitriles is 1.